The van der Waals surface area contributed by atoms with Crippen molar-refractivity contribution in [1.29, 1.82) is 0 Å². The molecule has 3 heterocycles. The molecule has 0 saturated carbocycles. The summed E-state index contributed by atoms with van der Waals surface area (Å²) in [6.07, 6.45) is 1.87. The Morgan fingerprint density at radius 1 is 1.30 bits per heavy atom. The number of hydrogen-bond donors (Lipinski definition) is 1. The SMILES string of the molecule is Cc1nc(CCNC(=O)[C@@H]2CCC(=O)N(CCN3CCOCC3)C2)sc1C. The first kappa shape index (κ1) is 20.2. The average molecular weight is 395 g/mol. The zero-order valence-corrected chi connectivity index (χ0v) is 17.1. The number of aryl methyl sites for hydroxylation is 2. The van der Waals surface area contributed by atoms with Gasteiger partial charge in [-0.05, 0) is 20.3 Å². The number of carbonyl (C=O) groups excluding carboxylic acids is 2. The Hall–Kier alpha value is -1.51. The van der Waals surface area contributed by atoms with Crippen molar-refractivity contribution in [2.24, 2.45) is 5.92 Å². The minimum Gasteiger partial charge on any atom is -0.379 e. The fraction of sp³-hybridized carbons (Fsp3) is 0.737. The molecule has 0 radical (unpaired) electrons. The van der Waals surface area contributed by atoms with Gasteiger partial charge in [-0.2, -0.15) is 0 Å². The highest BCUT2D eigenvalue weighted by atomic mass is 32.1. The summed E-state index contributed by atoms with van der Waals surface area (Å²) in [7, 11) is 0. The van der Waals surface area contributed by atoms with Crippen molar-refractivity contribution < 1.29 is 14.3 Å². The summed E-state index contributed by atoms with van der Waals surface area (Å²) in [5.74, 6) is 0.122. The van der Waals surface area contributed by atoms with Gasteiger partial charge in [0.25, 0.3) is 0 Å². The second-order valence-electron chi connectivity index (χ2n) is 7.32. The third kappa shape index (κ3) is 5.73. The molecule has 1 N–H and O–H groups in total. The van der Waals surface area contributed by atoms with Crippen molar-refractivity contribution >= 4 is 23.2 Å². The van der Waals surface area contributed by atoms with Crippen LogP contribution >= 0.6 is 11.3 Å². The van der Waals surface area contributed by atoms with Crippen molar-refractivity contribution in [1.82, 2.24) is 20.1 Å². The minimum absolute atomic E-state index is 0.0591. The van der Waals surface area contributed by atoms with E-state index in [0.717, 1.165) is 50.0 Å². The molecule has 150 valence electrons. The van der Waals surface area contributed by atoms with E-state index < -0.39 is 0 Å². The van der Waals surface area contributed by atoms with Gasteiger partial charge < -0.3 is 15.0 Å². The summed E-state index contributed by atoms with van der Waals surface area (Å²) in [4.78, 5) is 34.7. The number of thiazole rings is 1. The molecule has 2 saturated heterocycles. The van der Waals surface area contributed by atoms with Crippen LogP contribution < -0.4 is 5.32 Å². The Morgan fingerprint density at radius 3 is 2.78 bits per heavy atom. The molecule has 7 nitrogen and oxygen atoms in total. The maximum Gasteiger partial charge on any atom is 0.224 e. The van der Waals surface area contributed by atoms with Crippen LogP contribution in [-0.2, 0) is 20.7 Å². The number of amides is 2. The van der Waals surface area contributed by atoms with Crippen molar-refractivity contribution in [2.45, 2.75) is 33.1 Å². The van der Waals surface area contributed by atoms with Crippen LogP contribution in [0.15, 0.2) is 0 Å². The zero-order valence-electron chi connectivity index (χ0n) is 16.3. The number of carbonyl (C=O) groups is 2. The number of likely N-dealkylation sites (tertiary alicyclic amines) is 1. The molecule has 1 aromatic heterocycles. The Morgan fingerprint density at radius 2 is 2.07 bits per heavy atom. The minimum atomic E-state index is -0.104. The van der Waals surface area contributed by atoms with E-state index in [-0.39, 0.29) is 17.7 Å². The number of nitrogens with one attached hydrogen (secondary N) is 1. The zero-order chi connectivity index (χ0) is 19.2. The van der Waals surface area contributed by atoms with Gasteiger partial charge in [-0.15, -0.1) is 11.3 Å². The molecule has 0 aromatic carbocycles. The molecule has 0 spiro atoms. The molecule has 2 amide bonds. The first-order valence-corrected chi connectivity index (χ1v) is 10.6. The summed E-state index contributed by atoms with van der Waals surface area (Å²) in [6, 6.07) is 0. The van der Waals surface area contributed by atoms with E-state index in [4.69, 9.17) is 4.74 Å². The molecule has 8 heteroatoms. The van der Waals surface area contributed by atoms with E-state index in [1.54, 1.807) is 11.3 Å². The quantitative estimate of drug-likeness (QED) is 0.747. The van der Waals surface area contributed by atoms with Gasteiger partial charge in [-0.25, -0.2) is 4.98 Å². The smallest absolute Gasteiger partial charge is 0.224 e. The van der Waals surface area contributed by atoms with Crippen LogP contribution in [0.3, 0.4) is 0 Å². The topological polar surface area (TPSA) is 74.8 Å². The lowest BCUT2D eigenvalue weighted by molar-refractivity contribution is -0.138. The molecule has 1 atom stereocenters. The van der Waals surface area contributed by atoms with Crippen LogP contribution in [0.1, 0.15) is 28.4 Å². The Balaban J connectivity index is 1.41. The maximum absolute atomic E-state index is 12.5. The lowest BCUT2D eigenvalue weighted by Crippen LogP contribution is -2.49. The number of morpholine rings is 1. The predicted octanol–water partition coefficient (Wildman–Crippen LogP) is 0.989. The molecule has 0 aliphatic carbocycles. The molecule has 2 aliphatic heterocycles. The summed E-state index contributed by atoms with van der Waals surface area (Å²) in [5.41, 5.74) is 1.07. The lowest BCUT2D eigenvalue weighted by Gasteiger charge is -2.34. The number of hydrogen-bond acceptors (Lipinski definition) is 6. The largest absolute Gasteiger partial charge is 0.379 e. The van der Waals surface area contributed by atoms with E-state index in [1.807, 2.05) is 11.8 Å². The first-order valence-electron chi connectivity index (χ1n) is 9.81. The van der Waals surface area contributed by atoms with Gasteiger partial charge in [0.1, 0.15) is 0 Å². The monoisotopic (exact) mass is 394 g/mol. The molecule has 3 rings (SSSR count). The Kier molecular flexibility index (Phi) is 7.20. The molecule has 0 unspecified atom stereocenters. The van der Waals surface area contributed by atoms with Crippen LogP contribution in [0.2, 0.25) is 0 Å². The molecule has 2 aliphatic rings. The van der Waals surface area contributed by atoms with Gasteiger partial charge in [0, 0.05) is 57.0 Å². The fourth-order valence-corrected chi connectivity index (χ4v) is 4.45. The van der Waals surface area contributed by atoms with Crippen molar-refractivity contribution in [3.8, 4) is 0 Å². The van der Waals surface area contributed by atoms with E-state index in [0.29, 0.717) is 32.5 Å². The maximum atomic E-state index is 12.5. The van der Waals surface area contributed by atoms with E-state index in [2.05, 4.69) is 22.1 Å². The van der Waals surface area contributed by atoms with Gasteiger partial charge in [0.05, 0.1) is 29.8 Å². The van der Waals surface area contributed by atoms with Gasteiger partial charge in [-0.3, -0.25) is 14.5 Å². The molecular formula is C19H30N4O3S. The first-order chi connectivity index (χ1) is 13.0. The van der Waals surface area contributed by atoms with Crippen LogP contribution in [0.5, 0.6) is 0 Å². The number of rotatable bonds is 7. The fourth-order valence-electron chi connectivity index (χ4n) is 3.51. The normalized spacial score (nSPS) is 21.5. The molecular weight excluding hydrogens is 364 g/mol. The second kappa shape index (κ2) is 9.61. The summed E-state index contributed by atoms with van der Waals surface area (Å²) in [6.45, 7) is 10.1. The molecule has 0 bridgehead atoms. The number of piperidine rings is 1. The van der Waals surface area contributed by atoms with Crippen LogP contribution in [0.25, 0.3) is 0 Å². The van der Waals surface area contributed by atoms with Crippen molar-refractivity contribution in [2.75, 3.05) is 52.5 Å². The highest BCUT2D eigenvalue weighted by molar-refractivity contribution is 7.11. The molecule has 27 heavy (non-hydrogen) atoms. The van der Waals surface area contributed by atoms with Gasteiger partial charge >= 0.3 is 0 Å². The number of ether oxygens (including phenoxy) is 1. The van der Waals surface area contributed by atoms with Crippen LogP contribution in [-0.4, -0.2) is 79.1 Å². The summed E-state index contributed by atoms with van der Waals surface area (Å²) < 4.78 is 5.36. The van der Waals surface area contributed by atoms with Crippen LogP contribution in [0.4, 0.5) is 0 Å². The van der Waals surface area contributed by atoms with Gasteiger partial charge in [0.15, 0.2) is 0 Å². The van der Waals surface area contributed by atoms with Crippen molar-refractivity contribution in [3.63, 3.8) is 0 Å². The lowest BCUT2D eigenvalue weighted by atomic mass is 9.96. The van der Waals surface area contributed by atoms with E-state index in [1.165, 1.54) is 4.88 Å². The third-order valence-electron chi connectivity index (χ3n) is 5.37. The van der Waals surface area contributed by atoms with E-state index in [9.17, 15) is 9.59 Å². The summed E-state index contributed by atoms with van der Waals surface area (Å²) in [5, 5.41) is 4.10. The second-order valence-corrected chi connectivity index (χ2v) is 8.61. The predicted molar refractivity (Wildman–Crippen MR) is 105 cm³/mol. The highest BCUT2D eigenvalue weighted by Crippen LogP contribution is 2.19. The number of aromatic nitrogens is 1. The molecule has 2 fully saturated rings. The highest BCUT2D eigenvalue weighted by Gasteiger charge is 2.30. The van der Waals surface area contributed by atoms with E-state index >= 15 is 0 Å². The third-order valence-corrected chi connectivity index (χ3v) is 6.50. The van der Waals surface area contributed by atoms with Gasteiger partial charge in [0.2, 0.25) is 11.8 Å². The Labute approximate surface area is 165 Å². The van der Waals surface area contributed by atoms with Crippen molar-refractivity contribution in [3.05, 3.63) is 15.6 Å². The standard InChI is InChI=1S/C19H30N4O3S/c1-14-15(2)27-17(21-14)5-6-20-19(25)16-3-4-18(24)23(13-16)8-7-22-9-11-26-12-10-22/h16H,3-13H2,1-2H3,(H,20,25)/t16-/m1/s1. The molecule has 1 aromatic rings. The van der Waals surface area contributed by atoms with Crippen LogP contribution in [0, 0.1) is 19.8 Å². The Bertz CT molecular complexity index is 638. The summed E-state index contributed by atoms with van der Waals surface area (Å²) >= 11 is 1.69. The number of nitrogens with zero attached hydrogens (tertiary/aromatic N) is 3. The average Bonchev–Trinajstić information content (AvgIpc) is 2.99. The van der Waals surface area contributed by atoms with Gasteiger partial charge in [-0.1, -0.05) is 0 Å².